The zero-order chi connectivity index (χ0) is 17.6. The normalized spacial score (nSPS) is 12.8. The van der Waals surface area contributed by atoms with Crippen molar-refractivity contribution >= 4 is 43.9 Å². The van der Waals surface area contributed by atoms with E-state index >= 15 is 0 Å². The van der Waals surface area contributed by atoms with Gasteiger partial charge in [0.25, 0.3) is 0 Å². The molecule has 0 spiro atoms. The van der Waals surface area contributed by atoms with Crippen LogP contribution in [0.3, 0.4) is 0 Å². The van der Waals surface area contributed by atoms with Crippen molar-refractivity contribution in [3.63, 3.8) is 0 Å². The van der Waals surface area contributed by atoms with E-state index in [1.807, 2.05) is 29.8 Å². The molecule has 5 heteroatoms. The number of nitrogens with zero attached hydrogens (tertiary/aromatic N) is 1. The summed E-state index contributed by atoms with van der Waals surface area (Å²) in [5, 5.41) is 15.1. The maximum atomic E-state index is 10.6. The van der Waals surface area contributed by atoms with Gasteiger partial charge in [-0.05, 0) is 35.0 Å². The highest BCUT2D eigenvalue weighted by Gasteiger charge is 2.17. The number of fused-ring (bicyclic) bond motifs is 3. The van der Waals surface area contributed by atoms with Gasteiger partial charge in [0.05, 0.1) is 15.2 Å². The van der Waals surface area contributed by atoms with Crippen molar-refractivity contribution in [3.8, 4) is 16.9 Å². The van der Waals surface area contributed by atoms with Crippen LogP contribution in [0.15, 0.2) is 48.0 Å². The maximum Gasteiger partial charge on any atom is 0.125 e. The number of rotatable bonds is 3. The largest absolute Gasteiger partial charge is 0.507 e. The third-order valence-electron chi connectivity index (χ3n) is 4.63. The predicted octanol–water partition coefficient (Wildman–Crippen LogP) is 5.54. The van der Waals surface area contributed by atoms with Crippen LogP contribution in [0.25, 0.3) is 32.1 Å². The zero-order valence-electron chi connectivity index (χ0n) is 13.7. The van der Waals surface area contributed by atoms with Crippen LogP contribution in [0.1, 0.15) is 18.4 Å². The Bertz CT molecular complexity index is 1070. The van der Waals surface area contributed by atoms with E-state index in [4.69, 9.17) is 17.3 Å². The number of hydrogen-bond acceptors (Lipinski definition) is 4. The Labute approximate surface area is 154 Å². The number of benzene rings is 2. The van der Waals surface area contributed by atoms with E-state index in [-0.39, 0.29) is 5.75 Å². The number of halogens is 1. The number of thiophene rings is 1. The molecular formula is C20H17ClN2OS. The van der Waals surface area contributed by atoms with Gasteiger partial charge in [-0.3, -0.25) is 4.98 Å². The lowest BCUT2D eigenvalue weighted by Crippen LogP contribution is -2.08. The van der Waals surface area contributed by atoms with Crippen LogP contribution in [0.4, 0.5) is 0 Å². The van der Waals surface area contributed by atoms with Gasteiger partial charge in [0.1, 0.15) is 5.75 Å². The number of nitrogens with two attached hydrogens (primary N) is 1. The smallest absolute Gasteiger partial charge is 0.125 e. The Balaban J connectivity index is 2.02. The molecule has 0 fully saturated rings. The van der Waals surface area contributed by atoms with Crippen LogP contribution in [0.2, 0.25) is 5.02 Å². The molecule has 2 heterocycles. The molecule has 4 aromatic rings. The third kappa shape index (κ3) is 2.67. The van der Waals surface area contributed by atoms with Crippen LogP contribution in [-0.4, -0.2) is 16.6 Å². The monoisotopic (exact) mass is 368 g/mol. The second-order valence-corrected chi connectivity index (χ2v) is 7.55. The summed E-state index contributed by atoms with van der Waals surface area (Å²) >= 11 is 7.97. The molecular weight excluding hydrogens is 352 g/mol. The van der Waals surface area contributed by atoms with Gasteiger partial charge >= 0.3 is 0 Å². The van der Waals surface area contributed by atoms with E-state index in [0.29, 0.717) is 23.0 Å². The molecule has 1 atom stereocenters. The predicted molar refractivity (Wildman–Crippen MR) is 107 cm³/mol. The van der Waals surface area contributed by atoms with Crippen molar-refractivity contribution in [1.82, 2.24) is 4.98 Å². The highest BCUT2D eigenvalue weighted by atomic mass is 35.5. The summed E-state index contributed by atoms with van der Waals surface area (Å²) in [7, 11) is 0. The highest BCUT2D eigenvalue weighted by molar-refractivity contribution is 7.17. The average Bonchev–Trinajstić information content (AvgIpc) is 3.10. The second kappa shape index (κ2) is 6.30. The minimum Gasteiger partial charge on any atom is -0.507 e. The van der Waals surface area contributed by atoms with Crippen LogP contribution in [0, 0.1) is 0 Å². The van der Waals surface area contributed by atoms with Gasteiger partial charge in [0, 0.05) is 28.6 Å². The van der Waals surface area contributed by atoms with Crippen LogP contribution >= 0.6 is 22.9 Å². The summed E-state index contributed by atoms with van der Waals surface area (Å²) in [5.74, 6) is 0.465. The average molecular weight is 369 g/mol. The van der Waals surface area contributed by atoms with E-state index in [1.54, 1.807) is 17.4 Å². The number of pyridine rings is 1. The summed E-state index contributed by atoms with van der Waals surface area (Å²) in [5.41, 5.74) is 9.35. The summed E-state index contributed by atoms with van der Waals surface area (Å²) in [6.45, 7) is 2.71. The van der Waals surface area contributed by atoms with Crippen molar-refractivity contribution in [2.75, 3.05) is 6.54 Å². The minimum absolute atomic E-state index is 0.164. The van der Waals surface area contributed by atoms with Crippen molar-refractivity contribution in [3.05, 3.63) is 58.6 Å². The van der Waals surface area contributed by atoms with E-state index in [2.05, 4.69) is 24.0 Å². The number of aromatic nitrogens is 1. The first-order valence-electron chi connectivity index (χ1n) is 8.08. The van der Waals surface area contributed by atoms with Crippen molar-refractivity contribution in [2.45, 2.75) is 12.8 Å². The van der Waals surface area contributed by atoms with Crippen LogP contribution in [0.5, 0.6) is 5.75 Å². The Hall–Kier alpha value is -2.14. The third-order valence-corrected chi connectivity index (χ3v) is 5.77. The number of hydrogen-bond donors (Lipinski definition) is 2. The number of phenols is 1. The Morgan fingerprint density at radius 3 is 2.72 bits per heavy atom. The summed E-state index contributed by atoms with van der Waals surface area (Å²) < 4.78 is 1.07. The van der Waals surface area contributed by atoms with Gasteiger partial charge in [-0.2, -0.15) is 0 Å². The SMILES string of the molecule is C[C@H](CN)c1ccc(-c2c(O)cc(Cl)c3ncc4sccc4c23)cc1. The first kappa shape index (κ1) is 16.3. The molecule has 0 saturated carbocycles. The molecule has 0 radical (unpaired) electrons. The fraction of sp³-hybridized carbons (Fsp3) is 0.150. The first-order valence-corrected chi connectivity index (χ1v) is 9.33. The van der Waals surface area contributed by atoms with Gasteiger partial charge < -0.3 is 10.8 Å². The molecule has 2 aromatic heterocycles. The number of aromatic hydroxyl groups is 1. The molecule has 3 nitrogen and oxygen atoms in total. The molecule has 0 amide bonds. The Morgan fingerprint density at radius 2 is 2.00 bits per heavy atom. The first-order chi connectivity index (χ1) is 12.1. The van der Waals surface area contributed by atoms with Crippen LogP contribution in [-0.2, 0) is 0 Å². The van der Waals surface area contributed by atoms with E-state index < -0.39 is 0 Å². The van der Waals surface area contributed by atoms with Crippen molar-refractivity contribution < 1.29 is 5.11 Å². The van der Waals surface area contributed by atoms with Gasteiger partial charge in [-0.15, -0.1) is 11.3 Å². The lowest BCUT2D eigenvalue weighted by molar-refractivity contribution is 0.478. The lowest BCUT2D eigenvalue weighted by Gasteiger charge is -2.14. The van der Waals surface area contributed by atoms with Crippen LogP contribution < -0.4 is 5.73 Å². The maximum absolute atomic E-state index is 10.6. The van der Waals surface area contributed by atoms with Crippen molar-refractivity contribution in [1.29, 1.82) is 0 Å². The molecule has 4 rings (SSSR count). The van der Waals surface area contributed by atoms with Gasteiger partial charge in [0.15, 0.2) is 0 Å². The molecule has 0 aliphatic heterocycles. The van der Waals surface area contributed by atoms with E-state index in [1.165, 1.54) is 5.56 Å². The molecule has 0 bridgehead atoms. The fourth-order valence-corrected chi connectivity index (χ4v) is 4.18. The topological polar surface area (TPSA) is 59.1 Å². The molecule has 0 aliphatic rings. The van der Waals surface area contributed by atoms with Gasteiger partial charge in [-0.25, -0.2) is 0 Å². The summed E-state index contributed by atoms with van der Waals surface area (Å²) in [6.07, 6.45) is 1.83. The molecule has 0 unspecified atom stereocenters. The molecule has 3 N–H and O–H groups in total. The molecule has 25 heavy (non-hydrogen) atoms. The van der Waals surface area contributed by atoms with Crippen molar-refractivity contribution in [2.24, 2.45) is 5.73 Å². The Morgan fingerprint density at radius 1 is 1.24 bits per heavy atom. The lowest BCUT2D eigenvalue weighted by atomic mass is 9.94. The van der Waals surface area contributed by atoms with E-state index in [9.17, 15) is 5.11 Å². The highest BCUT2D eigenvalue weighted by Crippen LogP contribution is 2.43. The molecule has 0 saturated heterocycles. The summed E-state index contributed by atoms with van der Waals surface area (Å²) in [4.78, 5) is 4.52. The number of phenolic OH excluding ortho intramolecular Hbond substituents is 1. The molecule has 2 aromatic carbocycles. The molecule has 0 aliphatic carbocycles. The van der Waals surface area contributed by atoms with Gasteiger partial charge in [0.2, 0.25) is 0 Å². The fourth-order valence-electron chi connectivity index (χ4n) is 3.17. The zero-order valence-corrected chi connectivity index (χ0v) is 15.2. The van der Waals surface area contributed by atoms with Gasteiger partial charge in [-0.1, -0.05) is 42.8 Å². The standard InChI is InChI=1S/C20H17ClN2OS/c1-11(9-22)12-2-4-13(5-3-12)18-16(24)8-15(21)20-19(18)14-6-7-25-17(14)10-23-20/h2-8,10-11,24H,9,22H2,1H3/t11-/m1/s1. The van der Waals surface area contributed by atoms with E-state index in [0.717, 1.165) is 26.6 Å². The second-order valence-electron chi connectivity index (χ2n) is 6.19. The Kier molecular flexibility index (Phi) is 4.12. The summed E-state index contributed by atoms with van der Waals surface area (Å²) in [6, 6.07) is 11.8. The molecule has 126 valence electrons. The minimum atomic E-state index is 0.164. The quantitative estimate of drug-likeness (QED) is 0.499.